The summed E-state index contributed by atoms with van der Waals surface area (Å²) in [6.45, 7) is 8.09. The number of aryl methyl sites for hydroxylation is 2. The standard InChI is InChI=1S/C30H34F2N4O2/c1-18(20-6-3-7-21(12-20)30(31,32)26-10-5-11-38-26)33-28-24-13-25(36-14-29(15-36)16-37-17-29)22-8-4-9-23(22)27(24)34-19(2)35-28/h3,6-7,12-13,18,26H,4-5,8-11,14-17H2,1-2H3,(H,33,34,35)/t18-,26-/m1/s1. The van der Waals surface area contributed by atoms with E-state index >= 15 is 8.78 Å². The molecule has 2 atom stereocenters. The lowest BCUT2D eigenvalue weighted by Gasteiger charge is -2.56. The second-order valence-corrected chi connectivity index (χ2v) is 11.7. The maximum Gasteiger partial charge on any atom is 0.298 e. The lowest BCUT2D eigenvalue weighted by molar-refractivity contribution is -0.127. The molecule has 1 spiro atoms. The van der Waals surface area contributed by atoms with Crippen molar-refractivity contribution in [1.82, 2.24) is 9.97 Å². The van der Waals surface area contributed by atoms with Crippen molar-refractivity contribution in [3.05, 3.63) is 58.4 Å². The van der Waals surface area contributed by atoms with Gasteiger partial charge in [0.15, 0.2) is 0 Å². The van der Waals surface area contributed by atoms with Crippen LogP contribution < -0.4 is 10.2 Å². The quantitative estimate of drug-likeness (QED) is 0.450. The molecule has 1 N–H and O–H groups in total. The van der Waals surface area contributed by atoms with Crippen LogP contribution in [0.3, 0.4) is 0 Å². The Bertz CT molecular complexity index is 1390. The van der Waals surface area contributed by atoms with Crippen LogP contribution in [0.5, 0.6) is 0 Å². The first-order chi connectivity index (χ1) is 18.3. The molecular formula is C30H34F2N4O2. The molecule has 0 saturated carbocycles. The molecule has 0 radical (unpaired) electrons. The van der Waals surface area contributed by atoms with Crippen molar-refractivity contribution < 1.29 is 18.3 Å². The molecule has 4 aliphatic rings. The van der Waals surface area contributed by atoms with Crippen LogP contribution in [0.15, 0.2) is 30.3 Å². The predicted octanol–water partition coefficient (Wildman–Crippen LogP) is 5.71. The number of alkyl halides is 2. The molecule has 0 unspecified atom stereocenters. The van der Waals surface area contributed by atoms with Crippen molar-refractivity contribution >= 4 is 22.4 Å². The summed E-state index contributed by atoms with van der Waals surface area (Å²) in [7, 11) is 0. The van der Waals surface area contributed by atoms with Crippen molar-refractivity contribution in [1.29, 1.82) is 0 Å². The number of anilines is 2. The Kier molecular flexibility index (Phi) is 5.64. The molecule has 3 saturated heterocycles. The zero-order chi connectivity index (χ0) is 26.1. The van der Waals surface area contributed by atoms with Gasteiger partial charge in [0, 0.05) is 42.4 Å². The van der Waals surface area contributed by atoms with Crippen LogP contribution in [0, 0.1) is 12.3 Å². The SMILES string of the molecule is Cc1nc(N[C@H](C)c2cccc(C(F)(F)[C@H]3CCCO3)c2)c2cc(N3CC4(COC4)C3)c3c(c2n1)CCC3. The van der Waals surface area contributed by atoms with Gasteiger partial charge in [-0.05, 0) is 74.8 Å². The number of nitrogens with zero attached hydrogens (tertiary/aromatic N) is 3. The fourth-order valence-corrected chi connectivity index (χ4v) is 6.71. The van der Waals surface area contributed by atoms with Crippen LogP contribution >= 0.6 is 0 Å². The number of fused-ring (bicyclic) bond motifs is 3. The Hall–Kier alpha value is -2.84. The predicted molar refractivity (Wildman–Crippen MR) is 143 cm³/mol. The summed E-state index contributed by atoms with van der Waals surface area (Å²) < 4.78 is 41.2. The monoisotopic (exact) mass is 520 g/mol. The third kappa shape index (κ3) is 3.87. The highest BCUT2D eigenvalue weighted by molar-refractivity contribution is 5.96. The third-order valence-electron chi connectivity index (χ3n) is 8.82. The summed E-state index contributed by atoms with van der Waals surface area (Å²) in [5.41, 5.74) is 6.20. The second kappa shape index (κ2) is 8.85. The molecule has 3 aromatic rings. The molecular weight excluding hydrogens is 486 g/mol. The van der Waals surface area contributed by atoms with E-state index in [1.807, 2.05) is 19.9 Å². The van der Waals surface area contributed by atoms with Gasteiger partial charge >= 0.3 is 0 Å². The van der Waals surface area contributed by atoms with Crippen LogP contribution in [0.25, 0.3) is 10.9 Å². The molecule has 1 aliphatic carbocycles. The second-order valence-electron chi connectivity index (χ2n) is 11.7. The average Bonchev–Trinajstić information content (AvgIpc) is 3.56. The highest BCUT2D eigenvalue weighted by Gasteiger charge is 2.50. The molecule has 8 heteroatoms. The molecule has 200 valence electrons. The van der Waals surface area contributed by atoms with Crippen LogP contribution in [-0.2, 0) is 28.2 Å². The van der Waals surface area contributed by atoms with E-state index in [1.165, 1.54) is 22.9 Å². The minimum atomic E-state index is -3.01. The summed E-state index contributed by atoms with van der Waals surface area (Å²) in [6.07, 6.45) is 3.24. The van der Waals surface area contributed by atoms with Gasteiger partial charge in [-0.25, -0.2) is 9.97 Å². The van der Waals surface area contributed by atoms with Crippen molar-refractivity contribution in [2.75, 3.05) is 43.1 Å². The van der Waals surface area contributed by atoms with Crippen molar-refractivity contribution in [2.24, 2.45) is 5.41 Å². The van der Waals surface area contributed by atoms with Crippen LogP contribution in [0.2, 0.25) is 0 Å². The molecule has 0 amide bonds. The fourth-order valence-electron chi connectivity index (χ4n) is 6.71. The van der Waals surface area contributed by atoms with Gasteiger partial charge in [0.25, 0.3) is 5.92 Å². The number of hydrogen-bond acceptors (Lipinski definition) is 6. The number of hydrogen-bond donors (Lipinski definition) is 1. The summed E-state index contributed by atoms with van der Waals surface area (Å²) in [6, 6.07) is 8.76. The van der Waals surface area contributed by atoms with Gasteiger partial charge in [-0.3, -0.25) is 0 Å². The first-order valence-corrected chi connectivity index (χ1v) is 13.9. The molecule has 3 fully saturated rings. The van der Waals surface area contributed by atoms with E-state index in [-0.39, 0.29) is 11.6 Å². The lowest BCUT2D eigenvalue weighted by atomic mass is 9.77. The molecule has 2 aromatic carbocycles. The first kappa shape index (κ1) is 24.2. The van der Waals surface area contributed by atoms with Gasteiger partial charge in [0.1, 0.15) is 17.7 Å². The Morgan fingerprint density at radius 3 is 2.66 bits per heavy atom. The Balaban J connectivity index is 1.22. The largest absolute Gasteiger partial charge is 0.380 e. The molecule has 6 nitrogen and oxygen atoms in total. The number of benzene rings is 2. The van der Waals surface area contributed by atoms with Crippen LogP contribution in [0.1, 0.15) is 60.3 Å². The molecule has 3 aliphatic heterocycles. The summed E-state index contributed by atoms with van der Waals surface area (Å²) in [5, 5.41) is 4.56. The summed E-state index contributed by atoms with van der Waals surface area (Å²) >= 11 is 0. The summed E-state index contributed by atoms with van der Waals surface area (Å²) in [4.78, 5) is 12.2. The lowest BCUT2D eigenvalue weighted by Crippen LogP contribution is -2.66. The maximum absolute atomic E-state index is 15.2. The number of aromatic nitrogens is 2. The van der Waals surface area contributed by atoms with Gasteiger partial charge in [-0.15, -0.1) is 0 Å². The molecule has 4 heterocycles. The molecule has 1 aromatic heterocycles. The highest BCUT2D eigenvalue weighted by atomic mass is 19.3. The highest BCUT2D eigenvalue weighted by Crippen LogP contribution is 2.46. The van der Waals surface area contributed by atoms with Gasteiger partial charge in [0.2, 0.25) is 0 Å². The normalized spacial score (nSPS) is 22.8. The van der Waals surface area contributed by atoms with E-state index in [4.69, 9.17) is 19.4 Å². The minimum absolute atomic E-state index is 0.00562. The number of halogens is 2. The van der Waals surface area contributed by atoms with Gasteiger partial charge < -0.3 is 19.7 Å². The van der Waals surface area contributed by atoms with Crippen molar-refractivity contribution in [3.63, 3.8) is 0 Å². The van der Waals surface area contributed by atoms with Crippen LogP contribution in [-0.4, -0.2) is 49.0 Å². The fraction of sp³-hybridized carbons (Fsp3) is 0.533. The van der Waals surface area contributed by atoms with E-state index in [9.17, 15) is 0 Å². The number of ether oxygens (including phenoxy) is 2. The summed E-state index contributed by atoms with van der Waals surface area (Å²) in [5.74, 6) is -1.54. The Labute approximate surface area is 221 Å². The van der Waals surface area contributed by atoms with E-state index in [2.05, 4.69) is 16.3 Å². The third-order valence-corrected chi connectivity index (χ3v) is 8.82. The molecule has 38 heavy (non-hydrogen) atoms. The molecule has 0 bridgehead atoms. The first-order valence-electron chi connectivity index (χ1n) is 13.9. The average molecular weight is 521 g/mol. The van der Waals surface area contributed by atoms with Gasteiger partial charge in [0.05, 0.1) is 24.1 Å². The number of rotatable bonds is 6. The van der Waals surface area contributed by atoms with E-state index < -0.39 is 12.0 Å². The van der Waals surface area contributed by atoms with Crippen molar-refractivity contribution in [3.8, 4) is 0 Å². The van der Waals surface area contributed by atoms with E-state index in [1.54, 1.807) is 12.1 Å². The van der Waals surface area contributed by atoms with Crippen molar-refractivity contribution in [2.45, 2.75) is 64.0 Å². The van der Waals surface area contributed by atoms with Gasteiger partial charge in [-0.2, -0.15) is 8.78 Å². The van der Waals surface area contributed by atoms with E-state index in [0.29, 0.717) is 30.7 Å². The number of nitrogens with one attached hydrogen (secondary N) is 1. The maximum atomic E-state index is 15.2. The zero-order valence-corrected chi connectivity index (χ0v) is 22.0. The van der Waals surface area contributed by atoms with Crippen LogP contribution in [0.4, 0.5) is 20.3 Å². The molecule has 7 rings (SSSR count). The smallest absolute Gasteiger partial charge is 0.298 e. The Morgan fingerprint density at radius 1 is 1.11 bits per heavy atom. The van der Waals surface area contributed by atoms with E-state index in [0.717, 1.165) is 67.8 Å². The van der Waals surface area contributed by atoms with Gasteiger partial charge in [-0.1, -0.05) is 18.2 Å². The zero-order valence-electron chi connectivity index (χ0n) is 22.0. The topological polar surface area (TPSA) is 59.5 Å². The minimum Gasteiger partial charge on any atom is -0.380 e. The Morgan fingerprint density at radius 2 is 1.92 bits per heavy atom.